The third kappa shape index (κ3) is 2.98. The zero-order valence-corrected chi connectivity index (χ0v) is 11.3. The first-order valence-electron chi connectivity index (χ1n) is 5.92. The van der Waals surface area contributed by atoms with Crippen molar-refractivity contribution >= 4 is 32.7 Å². The maximum Gasteiger partial charge on any atom is 0.305 e. The molecule has 0 fully saturated rings. The summed E-state index contributed by atoms with van der Waals surface area (Å²) in [5.41, 5.74) is 2.26. The number of thiazole rings is 1. The summed E-state index contributed by atoms with van der Waals surface area (Å²) in [4.78, 5) is 14.8. The third-order valence-corrected chi connectivity index (χ3v) is 3.67. The van der Waals surface area contributed by atoms with E-state index >= 15 is 0 Å². The number of anilines is 1. The Morgan fingerprint density at radius 1 is 1.50 bits per heavy atom. The standard InChI is InChI=1S/C13H16N2O2S/c1-8(2)9-3-4-10-11(7-9)18-13(15-10)14-6-5-12(16)17/h3-4,7-8H,5-6H2,1-2H3,(H,14,15)(H,16,17). The molecule has 0 bridgehead atoms. The molecule has 1 aromatic heterocycles. The molecule has 0 saturated carbocycles. The minimum atomic E-state index is -0.800. The Kier molecular flexibility index (Phi) is 3.81. The van der Waals surface area contributed by atoms with E-state index in [1.165, 1.54) is 5.56 Å². The molecule has 0 aliphatic heterocycles. The van der Waals surface area contributed by atoms with Crippen molar-refractivity contribution in [1.82, 2.24) is 4.98 Å². The lowest BCUT2D eigenvalue weighted by atomic mass is 10.0. The zero-order valence-electron chi connectivity index (χ0n) is 10.4. The lowest BCUT2D eigenvalue weighted by molar-refractivity contribution is -0.136. The first-order valence-corrected chi connectivity index (χ1v) is 6.74. The van der Waals surface area contributed by atoms with Gasteiger partial charge in [-0.3, -0.25) is 4.79 Å². The Labute approximate surface area is 110 Å². The highest BCUT2D eigenvalue weighted by molar-refractivity contribution is 7.22. The average molecular weight is 264 g/mol. The Morgan fingerprint density at radius 2 is 2.28 bits per heavy atom. The molecule has 96 valence electrons. The van der Waals surface area contributed by atoms with Gasteiger partial charge in [0.15, 0.2) is 5.13 Å². The van der Waals surface area contributed by atoms with E-state index in [9.17, 15) is 4.79 Å². The van der Waals surface area contributed by atoms with Gasteiger partial charge >= 0.3 is 5.97 Å². The second-order valence-corrected chi connectivity index (χ2v) is 5.50. The fourth-order valence-corrected chi connectivity index (χ4v) is 2.59. The second kappa shape index (κ2) is 5.35. The Bertz CT molecular complexity index is 563. The molecular formula is C13H16N2O2S. The van der Waals surface area contributed by atoms with Gasteiger partial charge in [-0.2, -0.15) is 0 Å². The van der Waals surface area contributed by atoms with Crippen LogP contribution in [0.2, 0.25) is 0 Å². The van der Waals surface area contributed by atoms with Crippen molar-refractivity contribution in [2.75, 3.05) is 11.9 Å². The minimum Gasteiger partial charge on any atom is -0.481 e. The van der Waals surface area contributed by atoms with Gasteiger partial charge in [-0.15, -0.1) is 0 Å². The van der Waals surface area contributed by atoms with Crippen molar-refractivity contribution in [3.63, 3.8) is 0 Å². The molecule has 0 spiro atoms. The fourth-order valence-electron chi connectivity index (χ4n) is 1.65. The van der Waals surface area contributed by atoms with Gasteiger partial charge in [-0.25, -0.2) is 4.98 Å². The van der Waals surface area contributed by atoms with Crippen LogP contribution in [-0.4, -0.2) is 22.6 Å². The maximum absolute atomic E-state index is 10.4. The molecule has 4 nitrogen and oxygen atoms in total. The number of carboxylic acid groups (broad SMARTS) is 1. The number of hydrogen-bond donors (Lipinski definition) is 2. The van der Waals surface area contributed by atoms with Crippen LogP contribution in [-0.2, 0) is 4.79 Å². The van der Waals surface area contributed by atoms with Gasteiger partial charge in [0.1, 0.15) is 0 Å². The molecule has 2 aromatic rings. The molecule has 1 aromatic carbocycles. The number of hydrogen-bond acceptors (Lipinski definition) is 4. The van der Waals surface area contributed by atoms with Crippen molar-refractivity contribution in [2.24, 2.45) is 0 Å². The maximum atomic E-state index is 10.4. The highest BCUT2D eigenvalue weighted by atomic mass is 32.1. The van der Waals surface area contributed by atoms with Crippen LogP contribution in [0.5, 0.6) is 0 Å². The predicted molar refractivity (Wildman–Crippen MR) is 74.5 cm³/mol. The van der Waals surface area contributed by atoms with Gasteiger partial charge < -0.3 is 10.4 Å². The van der Waals surface area contributed by atoms with Crippen LogP contribution in [0.15, 0.2) is 18.2 Å². The molecule has 0 aliphatic rings. The lowest BCUT2D eigenvalue weighted by Crippen LogP contribution is -2.06. The van der Waals surface area contributed by atoms with Gasteiger partial charge in [-0.1, -0.05) is 31.3 Å². The number of carboxylic acids is 1. The second-order valence-electron chi connectivity index (χ2n) is 4.47. The molecule has 0 amide bonds. The van der Waals surface area contributed by atoms with Crippen LogP contribution in [0.4, 0.5) is 5.13 Å². The average Bonchev–Trinajstić information content (AvgIpc) is 2.69. The third-order valence-electron chi connectivity index (χ3n) is 2.69. The van der Waals surface area contributed by atoms with Crippen LogP contribution >= 0.6 is 11.3 Å². The van der Waals surface area contributed by atoms with Gasteiger partial charge in [-0.05, 0) is 23.6 Å². The fraction of sp³-hybridized carbons (Fsp3) is 0.385. The normalized spacial score (nSPS) is 11.1. The smallest absolute Gasteiger partial charge is 0.305 e. The summed E-state index contributed by atoms with van der Waals surface area (Å²) in [6.07, 6.45) is 0.104. The van der Waals surface area contributed by atoms with Gasteiger partial charge in [0.25, 0.3) is 0 Å². The lowest BCUT2D eigenvalue weighted by Gasteiger charge is -2.03. The summed E-state index contributed by atoms with van der Waals surface area (Å²) >= 11 is 1.57. The monoisotopic (exact) mass is 264 g/mol. The largest absolute Gasteiger partial charge is 0.481 e. The number of benzene rings is 1. The SMILES string of the molecule is CC(C)c1ccc2nc(NCCC(=O)O)sc2c1. The van der Waals surface area contributed by atoms with Crippen LogP contribution in [0.25, 0.3) is 10.2 Å². The van der Waals surface area contributed by atoms with Crippen molar-refractivity contribution in [2.45, 2.75) is 26.2 Å². The van der Waals surface area contributed by atoms with E-state index in [2.05, 4.69) is 36.3 Å². The van der Waals surface area contributed by atoms with Crippen LogP contribution in [0, 0.1) is 0 Å². The highest BCUT2D eigenvalue weighted by Gasteiger charge is 2.06. The summed E-state index contributed by atoms with van der Waals surface area (Å²) in [6.45, 7) is 4.73. The number of carbonyl (C=O) groups is 1. The number of nitrogens with one attached hydrogen (secondary N) is 1. The van der Waals surface area contributed by atoms with E-state index in [0.29, 0.717) is 12.5 Å². The Hall–Kier alpha value is -1.62. The van der Waals surface area contributed by atoms with Crippen LogP contribution < -0.4 is 5.32 Å². The van der Waals surface area contributed by atoms with Crippen LogP contribution in [0.1, 0.15) is 31.7 Å². The first-order chi connectivity index (χ1) is 8.56. The van der Waals surface area contributed by atoms with E-state index in [4.69, 9.17) is 5.11 Å². The summed E-state index contributed by atoms with van der Waals surface area (Å²) in [7, 11) is 0. The van der Waals surface area contributed by atoms with E-state index in [1.807, 2.05) is 6.07 Å². The number of aliphatic carboxylic acids is 1. The van der Waals surface area contributed by atoms with Crippen molar-refractivity contribution < 1.29 is 9.90 Å². The summed E-state index contributed by atoms with van der Waals surface area (Å²) in [5.74, 6) is -0.300. The molecule has 0 unspecified atom stereocenters. The van der Waals surface area contributed by atoms with Gasteiger partial charge in [0.05, 0.1) is 16.6 Å². The Balaban J connectivity index is 2.14. The molecule has 0 atom stereocenters. The summed E-state index contributed by atoms with van der Waals surface area (Å²) in [6, 6.07) is 6.26. The number of aromatic nitrogens is 1. The molecule has 2 rings (SSSR count). The number of nitrogens with zero attached hydrogens (tertiary/aromatic N) is 1. The van der Waals surface area contributed by atoms with E-state index < -0.39 is 5.97 Å². The summed E-state index contributed by atoms with van der Waals surface area (Å²) < 4.78 is 1.14. The van der Waals surface area contributed by atoms with Crippen LogP contribution in [0.3, 0.4) is 0 Å². The van der Waals surface area contributed by atoms with Gasteiger partial charge in [0, 0.05) is 6.54 Å². The number of fused-ring (bicyclic) bond motifs is 1. The predicted octanol–water partition coefficient (Wildman–Crippen LogP) is 3.31. The molecule has 0 saturated heterocycles. The highest BCUT2D eigenvalue weighted by Crippen LogP contribution is 2.28. The number of rotatable bonds is 5. The van der Waals surface area contributed by atoms with Gasteiger partial charge in [0.2, 0.25) is 0 Å². The van der Waals surface area contributed by atoms with Crippen molar-refractivity contribution in [1.29, 1.82) is 0 Å². The summed E-state index contributed by atoms with van der Waals surface area (Å²) in [5, 5.41) is 12.4. The van der Waals surface area contributed by atoms with E-state index in [-0.39, 0.29) is 6.42 Å². The molecular weight excluding hydrogens is 248 g/mol. The zero-order chi connectivity index (χ0) is 13.1. The molecule has 0 aliphatic carbocycles. The van der Waals surface area contributed by atoms with Crippen molar-refractivity contribution in [3.05, 3.63) is 23.8 Å². The molecule has 0 radical (unpaired) electrons. The molecule has 2 N–H and O–H groups in total. The molecule has 1 heterocycles. The van der Waals surface area contributed by atoms with Crippen molar-refractivity contribution in [3.8, 4) is 0 Å². The molecule has 18 heavy (non-hydrogen) atoms. The van der Waals surface area contributed by atoms with E-state index in [0.717, 1.165) is 15.3 Å². The Morgan fingerprint density at radius 3 is 2.94 bits per heavy atom. The minimum absolute atomic E-state index is 0.104. The topological polar surface area (TPSA) is 62.2 Å². The van der Waals surface area contributed by atoms with E-state index in [1.54, 1.807) is 11.3 Å². The quantitative estimate of drug-likeness (QED) is 0.869. The molecule has 5 heteroatoms. The first kappa shape index (κ1) is 12.8.